The maximum Gasteiger partial charge on any atom is 0.269 e. The van der Waals surface area contributed by atoms with Crippen LogP contribution in [0.5, 0.6) is 0 Å². The zero-order valence-corrected chi connectivity index (χ0v) is 20.7. The summed E-state index contributed by atoms with van der Waals surface area (Å²) in [5, 5.41) is 18.1. The molecule has 8 nitrogen and oxygen atoms in total. The Kier molecular flexibility index (Phi) is 7.30. The molecular weight excluding hydrogens is 472 g/mol. The van der Waals surface area contributed by atoms with Crippen molar-refractivity contribution in [1.29, 1.82) is 0 Å². The minimum atomic E-state index is -0.0600. The average Bonchev–Trinajstić information content (AvgIpc) is 3.69. The van der Waals surface area contributed by atoms with Crippen molar-refractivity contribution in [2.75, 3.05) is 24.5 Å². The molecule has 2 aromatic carbocycles. The third-order valence-electron chi connectivity index (χ3n) is 5.66. The third kappa shape index (κ3) is 5.59. The van der Waals surface area contributed by atoms with Crippen LogP contribution in [0.3, 0.4) is 0 Å². The van der Waals surface area contributed by atoms with Gasteiger partial charge < -0.3 is 9.73 Å². The van der Waals surface area contributed by atoms with Gasteiger partial charge in [-0.15, -0.1) is 26.6 Å². The van der Waals surface area contributed by atoms with Crippen molar-refractivity contribution in [2.24, 2.45) is 0 Å². The first-order valence-electron chi connectivity index (χ1n) is 11.7. The molecule has 0 atom stereocenters. The van der Waals surface area contributed by atoms with E-state index in [2.05, 4.69) is 27.6 Å². The normalized spacial score (nSPS) is 11.0. The number of anilines is 1. The average molecular weight is 499 g/mol. The lowest BCUT2D eigenvalue weighted by molar-refractivity contribution is 0.0990. The predicted octanol–water partition coefficient (Wildman–Crippen LogP) is 4.77. The molecule has 36 heavy (non-hydrogen) atoms. The molecule has 1 amide bonds. The number of nitrogens with one attached hydrogen (secondary N) is 1. The molecule has 5 aromatic rings. The van der Waals surface area contributed by atoms with Crippen LogP contribution >= 0.6 is 11.3 Å². The Morgan fingerprint density at radius 2 is 1.92 bits per heavy atom. The first-order chi connectivity index (χ1) is 17.7. The summed E-state index contributed by atoms with van der Waals surface area (Å²) in [6.45, 7) is 3.75. The molecule has 0 saturated heterocycles. The maximum atomic E-state index is 13.3. The Morgan fingerprint density at radius 1 is 1.03 bits per heavy atom. The smallest absolute Gasteiger partial charge is 0.269 e. The molecule has 0 unspecified atom stereocenters. The number of carbonyl (C=O) groups excluding carboxylic acids is 1. The Labute approximate surface area is 213 Å². The number of aryl methyl sites for hydroxylation is 1. The Hall–Kier alpha value is -4.08. The lowest BCUT2D eigenvalue weighted by Crippen LogP contribution is -2.37. The van der Waals surface area contributed by atoms with E-state index in [-0.39, 0.29) is 5.91 Å². The highest BCUT2D eigenvalue weighted by molar-refractivity contribution is 7.12. The van der Waals surface area contributed by atoms with Crippen molar-refractivity contribution in [3.8, 4) is 17.1 Å². The molecule has 182 valence electrons. The molecule has 0 aliphatic heterocycles. The highest BCUT2D eigenvalue weighted by Gasteiger charge is 2.21. The van der Waals surface area contributed by atoms with Crippen LogP contribution in [0.25, 0.3) is 17.1 Å². The summed E-state index contributed by atoms with van der Waals surface area (Å²) in [5.41, 5.74) is 2.92. The molecular formula is C27H26N6O2S. The highest BCUT2D eigenvalue weighted by Crippen LogP contribution is 2.23. The van der Waals surface area contributed by atoms with Crippen molar-refractivity contribution in [2.45, 2.75) is 13.3 Å². The van der Waals surface area contributed by atoms with Gasteiger partial charge >= 0.3 is 0 Å². The van der Waals surface area contributed by atoms with Crippen LogP contribution in [0.15, 0.2) is 88.8 Å². The van der Waals surface area contributed by atoms with Gasteiger partial charge in [0.2, 0.25) is 11.8 Å². The van der Waals surface area contributed by atoms with E-state index in [9.17, 15) is 4.79 Å². The summed E-state index contributed by atoms with van der Waals surface area (Å²) in [7, 11) is 0. The minimum absolute atomic E-state index is 0.0600. The van der Waals surface area contributed by atoms with Crippen LogP contribution in [-0.4, -0.2) is 45.5 Å². The summed E-state index contributed by atoms with van der Waals surface area (Å²) in [5.74, 6) is 1.50. The fraction of sp³-hybridized carbons (Fsp3) is 0.185. The van der Waals surface area contributed by atoms with Gasteiger partial charge in [-0.25, -0.2) is 4.68 Å². The number of rotatable bonds is 10. The van der Waals surface area contributed by atoms with Crippen LogP contribution in [0.2, 0.25) is 0 Å². The second kappa shape index (κ2) is 11.1. The second-order valence-corrected chi connectivity index (χ2v) is 9.16. The standard InChI is InChI=1S/C27H26N6O2S/c1-20-29-30-26(35-20)22-9-5-10-23(19-22)33-16-13-25(31-33)32(27(34)24-11-6-18-36-24)17-15-28-14-12-21-7-3-2-4-8-21/h2-11,13,16,18-19,28H,12,14-15,17H2,1H3. The van der Waals surface area contributed by atoms with Crippen LogP contribution < -0.4 is 10.2 Å². The maximum absolute atomic E-state index is 13.3. The molecule has 9 heteroatoms. The van der Waals surface area contributed by atoms with Crippen molar-refractivity contribution >= 4 is 23.1 Å². The molecule has 0 radical (unpaired) electrons. The quantitative estimate of drug-likeness (QED) is 0.279. The number of amides is 1. The highest BCUT2D eigenvalue weighted by atomic mass is 32.1. The lowest BCUT2D eigenvalue weighted by Gasteiger charge is -2.20. The summed E-state index contributed by atoms with van der Waals surface area (Å²) in [4.78, 5) is 15.7. The summed E-state index contributed by atoms with van der Waals surface area (Å²) >= 11 is 1.43. The van der Waals surface area contributed by atoms with E-state index in [0.717, 1.165) is 24.2 Å². The minimum Gasteiger partial charge on any atom is -0.421 e. The number of nitrogens with zero attached hydrogens (tertiary/aromatic N) is 5. The van der Waals surface area contributed by atoms with Gasteiger partial charge in [-0.1, -0.05) is 42.5 Å². The molecule has 0 aliphatic rings. The summed E-state index contributed by atoms with van der Waals surface area (Å²) < 4.78 is 7.31. The van der Waals surface area contributed by atoms with Gasteiger partial charge in [0, 0.05) is 37.8 Å². The van der Waals surface area contributed by atoms with Crippen LogP contribution in [-0.2, 0) is 6.42 Å². The number of hydrogen-bond donors (Lipinski definition) is 1. The van der Waals surface area contributed by atoms with Crippen molar-refractivity contribution in [3.05, 3.63) is 101 Å². The molecule has 3 heterocycles. The van der Waals surface area contributed by atoms with Crippen molar-refractivity contribution in [1.82, 2.24) is 25.3 Å². The van der Waals surface area contributed by atoms with Crippen LogP contribution in [0.4, 0.5) is 5.82 Å². The Bertz CT molecular complexity index is 1410. The molecule has 0 fully saturated rings. The molecule has 1 N–H and O–H groups in total. The van der Waals surface area contributed by atoms with E-state index in [0.29, 0.717) is 35.6 Å². The topological polar surface area (TPSA) is 89.1 Å². The van der Waals surface area contributed by atoms with Gasteiger partial charge in [0.25, 0.3) is 5.91 Å². The SMILES string of the molecule is Cc1nnc(-c2cccc(-n3ccc(N(CCNCCc4ccccc4)C(=O)c4cccs4)n3)c2)o1. The number of carbonyl (C=O) groups is 1. The van der Waals surface area contributed by atoms with Crippen molar-refractivity contribution < 1.29 is 9.21 Å². The second-order valence-electron chi connectivity index (χ2n) is 8.21. The van der Waals surface area contributed by atoms with E-state index in [1.54, 1.807) is 16.5 Å². The Morgan fingerprint density at radius 3 is 2.69 bits per heavy atom. The van der Waals surface area contributed by atoms with Crippen LogP contribution in [0, 0.1) is 6.92 Å². The molecule has 5 rings (SSSR count). The van der Waals surface area contributed by atoms with Gasteiger partial charge in [0.1, 0.15) is 0 Å². The van der Waals surface area contributed by atoms with E-state index in [1.807, 2.05) is 72.2 Å². The molecule has 0 spiro atoms. The zero-order chi connectivity index (χ0) is 24.7. The molecule has 0 saturated carbocycles. The number of hydrogen-bond acceptors (Lipinski definition) is 7. The third-order valence-corrected chi connectivity index (χ3v) is 6.52. The van der Waals surface area contributed by atoms with Crippen LogP contribution in [0.1, 0.15) is 21.1 Å². The fourth-order valence-corrected chi connectivity index (χ4v) is 4.52. The van der Waals surface area contributed by atoms with Gasteiger partial charge in [0.15, 0.2) is 5.82 Å². The van der Waals surface area contributed by atoms with Gasteiger partial charge in [-0.2, -0.15) is 0 Å². The van der Waals surface area contributed by atoms with E-state index in [1.165, 1.54) is 16.9 Å². The summed E-state index contributed by atoms with van der Waals surface area (Å²) in [6, 6.07) is 23.6. The van der Waals surface area contributed by atoms with Gasteiger partial charge in [-0.3, -0.25) is 9.69 Å². The largest absolute Gasteiger partial charge is 0.421 e. The Balaban J connectivity index is 1.30. The number of benzene rings is 2. The van der Waals surface area contributed by atoms with E-state index < -0.39 is 0 Å². The zero-order valence-electron chi connectivity index (χ0n) is 19.9. The first kappa shape index (κ1) is 23.7. The predicted molar refractivity (Wildman–Crippen MR) is 141 cm³/mol. The lowest BCUT2D eigenvalue weighted by atomic mass is 10.1. The van der Waals surface area contributed by atoms with Gasteiger partial charge in [-0.05, 0) is 48.2 Å². The van der Waals surface area contributed by atoms with Gasteiger partial charge in [0.05, 0.1) is 10.6 Å². The molecule has 0 bridgehead atoms. The first-order valence-corrected chi connectivity index (χ1v) is 12.6. The number of aromatic nitrogens is 4. The number of thiophene rings is 1. The van der Waals surface area contributed by atoms with E-state index >= 15 is 0 Å². The monoisotopic (exact) mass is 498 g/mol. The molecule has 0 aliphatic carbocycles. The van der Waals surface area contributed by atoms with Crippen molar-refractivity contribution in [3.63, 3.8) is 0 Å². The molecule has 3 aromatic heterocycles. The van der Waals surface area contributed by atoms with E-state index in [4.69, 9.17) is 9.52 Å². The summed E-state index contributed by atoms with van der Waals surface area (Å²) in [6.07, 6.45) is 2.79. The fourth-order valence-electron chi connectivity index (χ4n) is 3.84.